The Balaban J connectivity index is 2.06. The van der Waals surface area contributed by atoms with Crippen molar-refractivity contribution in [2.75, 3.05) is 17.7 Å². The second kappa shape index (κ2) is 6.71. The maximum absolute atomic E-state index is 12.0. The Labute approximate surface area is 122 Å². The van der Waals surface area contributed by atoms with Crippen molar-refractivity contribution >= 4 is 23.2 Å². The van der Waals surface area contributed by atoms with Crippen LogP contribution >= 0.6 is 0 Å². The number of carbonyl (C=O) groups is 2. The summed E-state index contributed by atoms with van der Waals surface area (Å²) in [5.41, 5.74) is 1.18. The summed E-state index contributed by atoms with van der Waals surface area (Å²) >= 11 is 0. The maximum atomic E-state index is 12.0. The Hall–Kier alpha value is -2.60. The summed E-state index contributed by atoms with van der Waals surface area (Å²) in [4.78, 5) is 23.0. The van der Waals surface area contributed by atoms with Crippen molar-refractivity contribution in [1.82, 2.24) is 0 Å². The topological polar surface area (TPSA) is 80.6 Å². The first-order chi connectivity index (χ1) is 10.1. The predicted octanol–water partition coefficient (Wildman–Crippen LogP) is 2.64. The van der Waals surface area contributed by atoms with Crippen molar-refractivity contribution in [3.8, 4) is 0 Å². The van der Waals surface area contributed by atoms with Crippen LogP contribution in [0.1, 0.15) is 23.2 Å². The first-order valence-corrected chi connectivity index (χ1v) is 6.35. The van der Waals surface area contributed by atoms with Crippen molar-refractivity contribution < 1.29 is 18.7 Å². The summed E-state index contributed by atoms with van der Waals surface area (Å²) in [5, 5.41) is 5.35. The van der Waals surface area contributed by atoms with Crippen LogP contribution in [0.5, 0.6) is 0 Å². The van der Waals surface area contributed by atoms with Crippen LogP contribution in [-0.2, 0) is 16.1 Å². The lowest BCUT2D eigenvalue weighted by atomic mass is 10.2. The zero-order valence-corrected chi connectivity index (χ0v) is 11.8. The van der Waals surface area contributed by atoms with E-state index in [2.05, 4.69) is 10.6 Å². The van der Waals surface area contributed by atoms with Crippen molar-refractivity contribution in [1.29, 1.82) is 0 Å². The number of methoxy groups -OCH3 is 1. The molecule has 0 aliphatic heterocycles. The molecule has 0 radical (unpaired) electrons. The molecule has 1 heterocycles. The van der Waals surface area contributed by atoms with Crippen molar-refractivity contribution in [2.24, 2.45) is 0 Å². The molecule has 0 fully saturated rings. The van der Waals surface area contributed by atoms with E-state index in [-0.39, 0.29) is 17.6 Å². The lowest BCUT2D eigenvalue weighted by Crippen LogP contribution is -2.11. The summed E-state index contributed by atoms with van der Waals surface area (Å²) in [6, 6.07) is 10.1. The minimum Gasteiger partial charge on any atom is -0.453 e. The quantitative estimate of drug-likeness (QED) is 0.886. The number of amides is 2. The van der Waals surface area contributed by atoms with Crippen molar-refractivity contribution in [3.63, 3.8) is 0 Å². The number of rotatable bonds is 5. The monoisotopic (exact) mass is 288 g/mol. The standard InChI is InChI=1S/C15H16N2O4/c1-10(18)16-11-4-3-5-12(8-11)17-15(19)14-7-6-13(21-14)9-20-2/h3-8H,9H2,1-2H3,(H,16,18)(H,17,19). The fourth-order valence-corrected chi connectivity index (χ4v) is 1.79. The lowest BCUT2D eigenvalue weighted by molar-refractivity contribution is -0.114. The Morgan fingerprint density at radius 3 is 2.52 bits per heavy atom. The highest BCUT2D eigenvalue weighted by atomic mass is 16.5. The van der Waals surface area contributed by atoms with Crippen molar-refractivity contribution in [2.45, 2.75) is 13.5 Å². The molecule has 2 amide bonds. The SMILES string of the molecule is COCc1ccc(C(=O)Nc2cccc(NC(C)=O)c2)o1. The first kappa shape index (κ1) is 14.8. The average Bonchev–Trinajstić information content (AvgIpc) is 2.87. The number of hydrogen-bond acceptors (Lipinski definition) is 4. The molecule has 0 saturated heterocycles. The molecule has 0 unspecified atom stereocenters. The van der Waals surface area contributed by atoms with Crippen LogP contribution in [0.4, 0.5) is 11.4 Å². The summed E-state index contributed by atoms with van der Waals surface area (Å²) in [7, 11) is 1.55. The molecule has 2 aromatic rings. The highest BCUT2D eigenvalue weighted by Gasteiger charge is 2.11. The largest absolute Gasteiger partial charge is 0.453 e. The van der Waals surface area contributed by atoms with Gasteiger partial charge in [0.05, 0.1) is 0 Å². The number of furan rings is 1. The third-order valence-electron chi connectivity index (χ3n) is 2.61. The minimum absolute atomic E-state index is 0.172. The molecule has 2 rings (SSSR count). The number of hydrogen-bond donors (Lipinski definition) is 2. The van der Waals surface area contributed by atoms with Gasteiger partial charge in [-0.1, -0.05) is 6.07 Å². The molecule has 0 aliphatic carbocycles. The zero-order chi connectivity index (χ0) is 15.2. The van der Waals surface area contributed by atoms with Gasteiger partial charge < -0.3 is 19.8 Å². The van der Waals surface area contributed by atoms with E-state index in [1.165, 1.54) is 6.92 Å². The molecule has 0 bridgehead atoms. The van der Waals surface area contributed by atoms with Gasteiger partial charge in [0.25, 0.3) is 5.91 Å². The Bertz CT molecular complexity index is 649. The van der Waals surface area contributed by atoms with Gasteiger partial charge in [-0.15, -0.1) is 0 Å². The van der Waals surface area contributed by atoms with Crippen LogP contribution in [0.25, 0.3) is 0 Å². The molecule has 6 nitrogen and oxygen atoms in total. The molecule has 0 spiro atoms. The van der Waals surface area contributed by atoms with Crippen LogP contribution in [0.3, 0.4) is 0 Å². The average molecular weight is 288 g/mol. The smallest absolute Gasteiger partial charge is 0.291 e. The molecule has 1 aromatic heterocycles. The highest BCUT2D eigenvalue weighted by Crippen LogP contribution is 2.17. The number of nitrogens with one attached hydrogen (secondary N) is 2. The van der Waals surface area contributed by atoms with E-state index >= 15 is 0 Å². The van der Waals surface area contributed by atoms with Crippen LogP contribution in [-0.4, -0.2) is 18.9 Å². The molecule has 1 aromatic carbocycles. The summed E-state index contributed by atoms with van der Waals surface area (Å²) < 4.78 is 10.3. The molecule has 21 heavy (non-hydrogen) atoms. The van der Waals surface area contributed by atoms with Crippen molar-refractivity contribution in [3.05, 3.63) is 47.9 Å². The molecule has 110 valence electrons. The second-order valence-corrected chi connectivity index (χ2v) is 4.42. The third kappa shape index (κ3) is 4.19. The van der Waals surface area contributed by atoms with E-state index in [0.717, 1.165) is 0 Å². The van der Waals surface area contributed by atoms with E-state index in [1.54, 1.807) is 43.5 Å². The second-order valence-electron chi connectivity index (χ2n) is 4.42. The van der Waals surface area contributed by atoms with Crippen LogP contribution in [0.2, 0.25) is 0 Å². The van der Waals surface area contributed by atoms with E-state index in [4.69, 9.17) is 9.15 Å². The zero-order valence-electron chi connectivity index (χ0n) is 11.8. The van der Waals surface area contributed by atoms with E-state index in [0.29, 0.717) is 23.7 Å². The van der Waals surface area contributed by atoms with Gasteiger partial charge in [0.2, 0.25) is 5.91 Å². The lowest BCUT2D eigenvalue weighted by Gasteiger charge is -2.06. The van der Waals surface area contributed by atoms with E-state index < -0.39 is 0 Å². The highest BCUT2D eigenvalue weighted by molar-refractivity contribution is 6.02. The van der Waals surface area contributed by atoms with E-state index in [9.17, 15) is 9.59 Å². The fraction of sp³-hybridized carbons (Fsp3) is 0.200. The number of anilines is 2. The number of carbonyl (C=O) groups excluding carboxylic acids is 2. The molecular weight excluding hydrogens is 272 g/mol. The van der Waals surface area contributed by atoms with Gasteiger partial charge in [0, 0.05) is 25.4 Å². The van der Waals surface area contributed by atoms with Gasteiger partial charge in [-0.05, 0) is 30.3 Å². The molecule has 6 heteroatoms. The molecule has 0 atom stereocenters. The van der Waals surface area contributed by atoms with Gasteiger partial charge in [0.1, 0.15) is 12.4 Å². The van der Waals surface area contributed by atoms with Gasteiger partial charge in [-0.25, -0.2) is 0 Å². The minimum atomic E-state index is -0.364. The fourth-order valence-electron chi connectivity index (χ4n) is 1.79. The van der Waals surface area contributed by atoms with Crippen LogP contribution in [0, 0.1) is 0 Å². The predicted molar refractivity (Wildman–Crippen MR) is 78.1 cm³/mol. The summed E-state index contributed by atoms with van der Waals surface area (Å²) in [6.45, 7) is 1.73. The van der Waals surface area contributed by atoms with Gasteiger partial charge >= 0.3 is 0 Å². The Morgan fingerprint density at radius 2 is 1.86 bits per heavy atom. The molecule has 2 N–H and O–H groups in total. The molecular formula is C15H16N2O4. The Morgan fingerprint density at radius 1 is 1.14 bits per heavy atom. The Kier molecular flexibility index (Phi) is 4.73. The summed E-state index contributed by atoms with van der Waals surface area (Å²) in [6.07, 6.45) is 0. The van der Waals surface area contributed by atoms with Crippen LogP contribution in [0.15, 0.2) is 40.8 Å². The van der Waals surface area contributed by atoms with Gasteiger partial charge in [-0.3, -0.25) is 9.59 Å². The normalized spacial score (nSPS) is 10.2. The van der Waals surface area contributed by atoms with Crippen LogP contribution < -0.4 is 10.6 Å². The number of ether oxygens (including phenoxy) is 1. The molecule has 0 saturated carbocycles. The molecule has 0 aliphatic rings. The van der Waals surface area contributed by atoms with E-state index in [1.807, 2.05) is 0 Å². The first-order valence-electron chi connectivity index (χ1n) is 6.35. The third-order valence-corrected chi connectivity index (χ3v) is 2.61. The summed E-state index contributed by atoms with van der Waals surface area (Å²) in [5.74, 6) is 0.243. The maximum Gasteiger partial charge on any atom is 0.291 e. The number of benzene rings is 1. The van der Waals surface area contributed by atoms with Gasteiger partial charge in [0.15, 0.2) is 5.76 Å². The van der Waals surface area contributed by atoms with Gasteiger partial charge in [-0.2, -0.15) is 0 Å².